The van der Waals surface area contributed by atoms with Crippen LogP contribution in [0.5, 0.6) is 0 Å². The predicted molar refractivity (Wildman–Crippen MR) is 68.0 cm³/mol. The van der Waals surface area contributed by atoms with Gasteiger partial charge in [-0.25, -0.2) is 0 Å². The van der Waals surface area contributed by atoms with E-state index < -0.39 is 0 Å². The van der Waals surface area contributed by atoms with Crippen LogP contribution in [0.15, 0.2) is 35.9 Å². The summed E-state index contributed by atoms with van der Waals surface area (Å²) in [6, 6.07) is 10.3. The SMILES string of the molecule is C/C(=C/c1ccccc1)C1(CO)CC1(C)C. The molecule has 1 N–H and O–H groups in total. The summed E-state index contributed by atoms with van der Waals surface area (Å²) in [4.78, 5) is 0. The van der Waals surface area contributed by atoms with Crippen molar-refractivity contribution < 1.29 is 5.11 Å². The van der Waals surface area contributed by atoms with Crippen LogP contribution in [-0.2, 0) is 0 Å². The third kappa shape index (κ3) is 1.69. The fourth-order valence-corrected chi connectivity index (χ4v) is 2.72. The zero-order chi connectivity index (χ0) is 11.8. The minimum absolute atomic E-state index is 0.0167. The van der Waals surface area contributed by atoms with Crippen molar-refractivity contribution in [3.05, 3.63) is 41.5 Å². The van der Waals surface area contributed by atoms with Gasteiger partial charge in [0.1, 0.15) is 0 Å². The van der Waals surface area contributed by atoms with Gasteiger partial charge in [0.15, 0.2) is 0 Å². The van der Waals surface area contributed by atoms with Crippen molar-refractivity contribution in [2.45, 2.75) is 27.2 Å². The molecule has 1 aromatic rings. The number of rotatable bonds is 3. The summed E-state index contributed by atoms with van der Waals surface area (Å²) in [6.07, 6.45) is 3.29. The number of aliphatic hydroxyl groups excluding tert-OH is 1. The van der Waals surface area contributed by atoms with E-state index in [0.717, 1.165) is 6.42 Å². The molecule has 16 heavy (non-hydrogen) atoms. The molecule has 0 aliphatic heterocycles. The monoisotopic (exact) mass is 216 g/mol. The highest BCUT2D eigenvalue weighted by atomic mass is 16.3. The molecular weight excluding hydrogens is 196 g/mol. The Bertz CT molecular complexity index is 403. The Morgan fingerprint density at radius 1 is 1.31 bits per heavy atom. The molecule has 1 aliphatic rings. The number of hydrogen-bond acceptors (Lipinski definition) is 1. The molecule has 86 valence electrons. The lowest BCUT2D eigenvalue weighted by molar-refractivity contribution is 0.207. The second kappa shape index (κ2) is 3.74. The molecule has 0 bridgehead atoms. The van der Waals surface area contributed by atoms with Crippen LogP contribution in [0.1, 0.15) is 32.8 Å². The lowest BCUT2D eigenvalue weighted by atomic mass is 9.88. The molecule has 0 aromatic heterocycles. The van der Waals surface area contributed by atoms with E-state index in [0.29, 0.717) is 0 Å². The fraction of sp³-hybridized carbons (Fsp3) is 0.467. The van der Waals surface area contributed by atoms with Crippen molar-refractivity contribution in [3.8, 4) is 0 Å². The Balaban J connectivity index is 2.27. The van der Waals surface area contributed by atoms with Gasteiger partial charge in [0.2, 0.25) is 0 Å². The average Bonchev–Trinajstić information content (AvgIpc) is 2.84. The maximum absolute atomic E-state index is 9.60. The topological polar surface area (TPSA) is 20.2 Å². The normalized spacial score (nSPS) is 27.9. The summed E-state index contributed by atoms with van der Waals surface area (Å²) in [6.45, 7) is 6.85. The van der Waals surface area contributed by atoms with E-state index in [-0.39, 0.29) is 17.4 Å². The summed E-state index contributed by atoms with van der Waals surface area (Å²) < 4.78 is 0. The summed E-state index contributed by atoms with van der Waals surface area (Å²) in [7, 11) is 0. The van der Waals surface area contributed by atoms with E-state index in [9.17, 15) is 5.11 Å². The highest BCUT2D eigenvalue weighted by molar-refractivity contribution is 5.55. The van der Waals surface area contributed by atoms with Crippen LogP contribution in [0.25, 0.3) is 6.08 Å². The van der Waals surface area contributed by atoms with Crippen LogP contribution >= 0.6 is 0 Å². The standard InChI is InChI=1S/C15H20O/c1-12(9-13-7-5-4-6-8-13)15(11-16)10-14(15,2)3/h4-9,16H,10-11H2,1-3H3/b12-9-. The molecule has 1 heteroatoms. The van der Waals surface area contributed by atoms with Crippen LogP contribution in [0, 0.1) is 10.8 Å². The highest BCUT2D eigenvalue weighted by Crippen LogP contribution is 2.67. The molecule has 2 rings (SSSR count). The average molecular weight is 216 g/mol. The third-order valence-corrected chi connectivity index (χ3v) is 4.12. The Hall–Kier alpha value is -1.08. The van der Waals surface area contributed by atoms with Gasteiger partial charge in [-0.3, -0.25) is 0 Å². The molecule has 0 spiro atoms. The summed E-state index contributed by atoms with van der Waals surface area (Å²) >= 11 is 0. The van der Waals surface area contributed by atoms with Gasteiger partial charge in [0.25, 0.3) is 0 Å². The first-order chi connectivity index (χ1) is 7.52. The largest absolute Gasteiger partial charge is 0.395 e. The van der Waals surface area contributed by atoms with Crippen LogP contribution in [0.4, 0.5) is 0 Å². The van der Waals surface area contributed by atoms with E-state index >= 15 is 0 Å². The van der Waals surface area contributed by atoms with Gasteiger partial charge in [-0.15, -0.1) is 0 Å². The Morgan fingerprint density at radius 3 is 2.31 bits per heavy atom. The Morgan fingerprint density at radius 2 is 1.88 bits per heavy atom. The lowest BCUT2D eigenvalue weighted by Crippen LogP contribution is -2.15. The number of hydrogen-bond donors (Lipinski definition) is 1. The van der Waals surface area contributed by atoms with E-state index in [2.05, 4.69) is 39.0 Å². The van der Waals surface area contributed by atoms with Crippen LogP contribution < -0.4 is 0 Å². The molecule has 1 nitrogen and oxygen atoms in total. The molecule has 1 saturated carbocycles. The summed E-state index contributed by atoms with van der Waals surface area (Å²) in [5.41, 5.74) is 2.78. The van der Waals surface area contributed by atoms with Crippen molar-refractivity contribution in [2.75, 3.05) is 6.61 Å². The molecule has 0 saturated heterocycles. The highest BCUT2D eigenvalue weighted by Gasteiger charge is 2.61. The number of benzene rings is 1. The first-order valence-electron chi connectivity index (χ1n) is 5.86. The van der Waals surface area contributed by atoms with Gasteiger partial charge < -0.3 is 5.11 Å². The van der Waals surface area contributed by atoms with Gasteiger partial charge in [-0.05, 0) is 24.3 Å². The van der Waals surface area contributed by atoms with Gasteiger partial charge in [-0.2, -0.15) is 0 Å². The maximum atomic E-state index is 9.60. The van der Waals surface area contributed by atoms with Crippen LogP contribution in [-0.4, -0.2) is 11.7 Å². The fourth-order valence-electron chi connectivity index (χ4n) is 2.72. The second-order valence-electron chi connectivity index (χ2n) is 5.54. The molecule has 1 atom stereocenters. The van der Waals surface area contributed by atoms with Gasteiger partial charge in [0.05, 0.1) is 6.61 Å². The molecule has 0 heterocycles. The Kier molecular flexibility index (Phi) is 2.67. The van der Waals surface area contributed by atoms with Crippen molar-refractivity contribution in [1.82, 2.24) is 0 Å². The maximum Gasteiger partial charge on any atom is 0.0530 e. The molecule has 1 aromatic carbocycles. The van der Waals surface area contributed by atoms with E-state index in [1.165, 1.54) is 11.1 Å². The third-order valence-electron chi connectivity index (χ3n) is 4.12. The second-order valence-corrected chi connectivity index (χ2v) is 5.54. The van der Waals surface area contributed by atoms with Gasteiger partial charge >= 0.3 is 0 Å². The summed E-state index contributed by atoms with van der Waals surface area (Å²) in [5, 5.41) is 9.60. The van der Waals surface area contributed by atoms with E-state index in [1.807, 2.05) is 18.2 Å². The zero-order valence-corrected chi connectivity index (χ0v) is 10.3. The lowest BCUT2D eigenvalue weighted by Gasteiger charge is -2.19. The molecule has 0 radical (unpaired) electrons. The molecule has 1 unspecified atom stereocenters. The quantitative estimate of drug-likeness (QED) is 0.820. The van der Waals surface area contributed by atoms with Crippen molar-refractivity contribution in [2.24, 2.45) is 10.8 Å². The minimum Gasteiger partial charge on any atom is -0.395 e. The summed E-state index contributed by atoms with van der Waals surface area (Å²) in [5.74, 6) is 0. The van der Waals surface area contributed by atoms with Crippen molar-refractivity contribution >= 4 is 6.08 Å². The smallest absolute Gasteiger partial charge is 0.0530 e. The predicted octanol–water partition coefficient (Wildman–Crippen LogP) is 3.50. The molecule has 0 amide bonds. The zero-order valence-electron chi connectivity index (χ0n) is 10.3. The minimum atomic E-state index is 0.0167. The first-order valence-corrected chi connectivity index (χ1v) is 5.86. The van der Waals surface area contributed by atoms with Gasteiger partial charge in [0, 0.05) is 5.41 Å². The number of aliphatic hydroxyl groups is 1. The first kappa shape index (κ1) is 11.4. The van der Waals surface area contributed by atoms with Crippen LogP contribution in [0.3, 0.4) is 0 Å². The van der Waals surface area contributed by atoms with E-state index in [4.69, 9.17) is 0 Å². The van der Waals surface area contributed by atoms with Crippen molar-refractivity contribution in [1.29, 1.82) is 0 Å². The van der Waals surface area contributed by atoms with Crippen molar-refractivity contribution in [3.63, 3.8) is 0 Å². The molecule has 1 fully saturated rings. The van der Waals surface area contributed by atoms with Gasteiger partial charge in [-0.1, -0.05) is 55.8 Å². The van der Waals surface area contributed by atoms with E-state index in [1.54, 1.807) is 0 Å². The Labute approximate surface area is 97.8 Å². The molecular formula is C15H20O. The molecule has 1 aliphatic carbocycles. The van der Waals surface area contributed by atoms with Crippen LogP contribution in [0.2, 0.25) is 0 Å².